The Hall–Kier alpha value is -6.07. The Morgan fingerprint density at radius 1 is 0.875 bits per heavy atom. The first-order valence-electron chi connectivity index (χ1n) is 23.6. The Kier molecular flexibility index (Phi) is 12.8. The SMILES string of the molecule is CCCN(Cc1ncc(-c2ccc(-c3ccc(-c4ccc5nc(C6[C@@H](CC)CCN6C(=O)C(NC)c6ccccc6)[nH]c5c4)cc3CC3CCC3)c(C)c2)[nH]1)C(=O)CNC(=O)C1CC1. The maximum atomic E-state index is 14.2. The number of fused-ring (bicyclic) bond motifs is 1. The fourth-order valence-electron chi connectivity index (χ4n) is 9.94. The third kappa shape index (κ3) is 9.13. The number of hydrogen-bond donors (Lipinski definition) is 4. The standard InChI is InChI=1S/C53H62N8O3/c1-5-24-60(48(62)31-56-52(63)37-15-16-37)32-47-55-30-46(57-47)40-18-20-42(33(3)26-40)43-21-17-38(28-41(43)27-34-11-10-12-34)39-19-22-44-45(29-39)59-51(58-44)50-35(6-2)23-25-61(50)53(64)49(54-4)36-13-8-7-9-14-36/h7-9,13-14,17-22,26,28-30,34-35,37,49-50,54H,5-6,10-12,15-16,23-25,27,31-32H2,1-4H3,(H,55,57)(H,56,63)(H,58,59)/t35-,49?,50?/m0/s1. The third-order valence-corrected chi connectivity index (χ3v) is 14.0. The number of likely N-dealkylation sites (N-methyl/N-ethyl adjacent to an activating group) is 1. The highest BCUT2D eigenvalue weighted by molar-refractivity contribution is 5.87. The molecule has 3 atom stereocenters. The van der Waals surface area contributed by atoms with Crippen LogP contribution in [0, 0.1) is 24.7 Å². The zero-order valence-electron chi connectivity index (χ0n) is 37.8. The van der Waals surface area contributed by atoms with Crippen molar-refractivity contribution in [2.45, 2.75) is 97.2 Å². The molecule has 1 saturated heterocycles. The summed E-state index contributed by atoms with van der Waals surface area (Å²) in [7, 11) is 1.86. The second-order valence-corrected chi connectivity index (χ2v) is 18.4. The number of hydrogen-bond acceptors (Lipinski definition) is 6. The summed E-state index contributed by atoms with van der Waals surface area (Å²) in [4.78, 5) is 60.1. The van der Waals surface area contributed by atoms with Crippen molar-refractivity contribution in [3.63, 3.8) is 0 Å². The van der Waals surface area contributed by atoms with E-state index in [2.05, 4.69) is 94.0 Å². The molecule has 3 aliphatic rings. The Balaban J connectivity index is 0.944. The number of aromatic nitrogens is 4. The molecule has 3 heterocycles. The quantitative estimate of drug-likeness (QED) is 0.0721. The molecule has 4 aromatic carbocycles. The number of carbonyl (C=O) groups excluding carboxylic acids is 3. The number of aryl methyl sites for hydroxylation is 1. The molecular formula is C53H62N8O3. The van der Waals surface area contributed by atoms with Crippen LogP contribution < -0.4 is 10.6 Å². The summed E-state index contributed by atoms with van der Waals surface area (Å²) >= 11 is 0. The van der Waals surface area contributed by atoms with Gasteiger partial charge in [-0.15, -0.1) is 0 Å². The molecule has 0 bridgehead atoms. The average Bonchev–Trinajstić information content (AvgIpc) is 3.67. The fraction of sp³-hybridized carbons (Fsp3) is 0.415. The number of aromatic amines is 2. The number of amides is 3. The van der Waals surface area contributed by atoms with E-state index in [1.54, 1.807) is 4.90 Å². The second kappa shape index (κ2) is 19.0. The second-order valence-electron chi connectivity index (χ2n) is 18.4. The predicted octanol–water partition coefficient (Wildman–Crippen LogP) is 9.46. The van der Waals surface area contributed by atoms with E-state index in [4.69, 9.17) is 4.98 Å². The summed E-state index contributed by atoms with van der Waals surface area (Å²) in [5, 5.41) is 6.09. The lowest BCUT2D eigenvalue weighted by Crippen LogP contribution is -2.40. The van der Waals surface area contributed by atoms with Crippen molar-refractivity contribution in [3.8, 4) is 33.5 Å². The van der Waals surface area contributed by atoms with Gasteiger partial charge >= 0.3 is 0 Å². The van der Waals surface area contributed by atoms with Gasteiger partial charge in [0.25, 0.3) is 0 Å². The molecular weight excluding hydrogens is 797 g/mol. The number of carbonyl (C=O) groups is 3. The summed E-state index contributed by atoms with van der Waals surface area (Å²) in [6, 6.07) is 29.5. The van der Waals surface area contributed by atoms with Crippen LogP contribution in [0.25, 0.3) is 44.5 Å². The van der Waals surface area contributed by atoms with E-state index < -0.39 is 6.04 Å². The molecule has 9 rings (SSSR count). The molecule has 3 amide bonds. The van der Waals surface area contributed by atoms with Crippen LogP contribution in [0.2, 0.25) is 0 Å². The van der Waals surface area contributed by atoms with Gasteiger partial charge in [0.05, 0.1) is 42.1 Å². The van der Waals surface area contributed by atoms with Gasteiger partial charge in [0.1, 0.15) is 17.7 Å². The lowest BCUT2D eigenvalue weighted by molar-refractivity contribution is -0.135. The molecule has 2 aromatic heterocycles. The van der Waals surface area contributed by atoms with Gasteiger partial charge in [-0.1, -0.05) is 106 Å². The third-order valence-electron chi connectivity index (χ3n) is 14.0. The Morgan fingerprint density at radius 2 is 1.64 bits per heavy atom. The van der Waals surface area contributed by atoms with Gasteiger partial charge in [-0.25, -0.2) is 9.97 Å². The van der Waals surface area contributed by atoms with Crippen LogP contribution in [0.5, 0.6) is 0 Å². The molecule has 2 aliphatic carbocycles. The molecule has 0 spiro atoms. The summed E-state index contributed by atoms with van der Waals surface area (Å²) in [6.07, 6.45) is 11.3. The topological polar surface area (TPSA) is 139 Å². The summed E-state index contributed by atoms with van der Waals surface area (Å²) in [5.41, 5.74) is 12.2. The van der Waals surface area contributed by atoms with E-state index in [-0.39, 0.29) is 36.2 Å². The van der Waals surface area contributed by atoms with Crippen LogP contribution in [0.3, 0.4) is 0 Å². The number of H-pyrrole nitrogens is 2. The first-order chi connectivity index (χ1) is 31.2. The van der Waals surface area contributed by atoms with Crippen molar-refractivity contribution in [1.82, 2.24) is 40.4 Å². The maximum absolute atomic E-state index is 14.2. The van der Waals surface area contributed by atoms with E-state index in [9.17, 15) is 14.4 Å². The number of imidazole rings is 2. The number of nitrogens with one attached hydrogen (secondary N) is 4. The van der Waals surface area contributed by atoms with Gasteiger partial charge in [-0.05, 0) is 121 Å². The van der Waals surface area contributed by atoms with Crippen molar-refractivity contribution in [2.75, 3.05) is 26.7 Å². The summed E-state index contributed by atoms with van der Waals surface area (Å²) < 4.78 is 0. The van der Waals surface area contributed by atoms with Gasteiger partial charge in [0.15, 0.2) is 0 Å². The molecule has 1 aliphatic heterocycles. The smallest absolute Gasteiger partial charge is 0.244 e. The minimum absolute atomic E-state index is 0.0185. The van der Waals surface area contributed by atoms with Crippen LogP contribution in [-0.2, 0) is 27.3 Å². The monoisotopic (exact) mass is 858 g/mol. The first-order valence-corrected chi connectivity index (χ1v) is 23.6. The van der Waals surface area contributed by atoms with Crippen molar-refractivity contribution in [3.05, 3.63) is 119 Å². The Labute approximate surface area is 376 Å². The fourth-order valence-corrected chi connectivity index (χ4v) is 9.94. The Bertz CT molecular complexity index is 2620. The van der Waals surface area contributed by atoms with Crippen LogP contribution in [0.15, 0.2) is 91.1 Å². The van der Waals surface area contributed by atoms with E-state index in [1.165, 1.54) is 47.1 Å². The largest absolute Gasteiger partial charge is 0.347 e. The molecule has 6 aromatic rings. The zero-order chi connectivity index (χ0) is 44.3. The highest BCUT2D eigenvalue weighted by Crippen LogP contribution is 2.42. The predicted molar refractivity (Wildman–Crippen MR) is 253 cm³/mol. The van der Waals surface area contributed by atoms with E-state index in [0.29, 0.717) is 31.5 Å². The molecule has 11 heteroatoms. The van der Waals surface area contributed by atoms with Crippen molar-refractivity contribution in [1.29, 1.82) is 0 Å². The molecule has 64 heavy (non-hydrogen) atoms. The molecule has 3 fully saturated rings. The van der Waals surface area contributed by atoms with Crippen LogP contribution in [-0.4, -0.2) is 74.1 Å². The number of nitrogens with zero attached hydrogens (tertiary/aromatic N) is 4. The van der Waals surface area contributed by atoms with Gasteiger partial charge in [-0.3, -0.25) is 14.4 Å². The molecule has 11 nitrogen and oxygen atoms in total. The Morgan fingerprint density at radius 3 is 2.36 bits per heavy atom. The lowest BCUT2D eigenvalue weighted by Gasteiger charge is -2.30. The van der Waals surface area contributed by atoms with Crippen molar-refractivity contribution in [2.24, 2.45) is 17.8 Å². The normalized spacial score (nSPS) is 18.0. The first kappa shape index (κ1) is 43.2. The number of likely N-dealkylation sites (tertiary alicyclic amines) is 1. The lowest BCUT2D eigenvalue weighted by atomic mass is 9.78. The molecule has 2 unspecified atom stereocenters. The molecule has 4 N–H and O–H groups in total. The highest BCUT2D eigenvalue weighted by atomic mass is 16.2. The minimum atomic E-state index is -0.412. The number of rotatable bonds is 17. The van der Waals surface area contributed by atoms with Gasteiger partial charge in [-0.2, -0.15) is 0 Å². The minimum Gasteiger partial charge on any atom is -0.347 e. The summed E-state index contributed by atoms with van der Waals surface area (Å²) in [6.45, 7) is 8.13. The average molecular weight is 859 g/mol. The van der Waals surface area contributed by atoms with Crippen LogP contribution in [0.4, 0.5) is 0 Å². The van der Waals surface area contributed by atoms with Crippen molar-refractivity contribution >= 4 is 28.8 Å². The van der Waals surface area contributed by atoms with E-state index in [1.807, 2.05) is 55.4 Å². The van der Waals surface area contributed by atoms with E-state index in [0.717, 1.165) is 83.6 Å². The summed E-state index contributed by atoms with van der Waals surface area (Å²) in [5.74, 6) is 2.64. The highest BCUT2D eigenvalue weighted by Gasteiger charge is 2.41. The molecule has 332 valence electrons. The molecule has 2 saturated carbocycles. The molecule has 0 radical (unpaired) electrons. The maximum Gasteiger partial charge on any atom is 0.244 e. The zero-order valence-corrected chi connectivity index (χ0v) is 37.8. The van der Waals surface area contributed by atoms with E-state index >= 15 is 0 Å². The van der Waals surface area contributed by atoms with Crippen LogP contribution >= 0.6 is 0 Å². The van der Waals surface area contributed by atoms with Gasteiger partial charge < -0.3 is 30.4 Å². The van der Waals surface area contributed by atoms with Gasteiger partial charge in [0.2, 0.25) is 17.7 Å². The number of benzene rings is 4. The van der Waals surface area contributed by atoms with Gasteiger partial charge in [0, 0.05) is 19.0 Å². The van der Waals surface area contributed by atoms with Crippen LogP contribution in [0.1, 0.15) is 106 Å². The van der Waals surface area contributed by atoms with Crippen molar-refractivity contribution < 1.29 is 14.4 Å².